The first-order chi connectivity index (χ1) is 9.95. The van der Waals surface area contributed by atoms with Crippen molar-refractivity contribution < 1.29 is 14.7 Å². The first kappa shape index (κ1) is 15.2. The molecule has 2 amide bonds. The number of carboxylic acid groups (broad SMARTS) is 1. The minimum atomic E-state index is -1.03. The van der Waals surface area contributed by atoms with E-state index in [1.54, 1.807) is 12.1 Å². The summed E-state index contributed by atoms with van der Waals surface area (Å²) >= 11 is 11.7. The third-order valence-electron chi connectivity index (χ3n) is 2.57. The van der Waals surface area contributed by atoms with Crippen LogP contribution in [0, 0.1) is 0 Å². The van der Waals surface area contributed by atoms with Gasteiger partial charge in [0, 0.05) is 10.7 Å². The number of nitrogens with one attached hydrogen (secondary N) is 2. The molecule has 0 atom stereocenters. The number of rotatable bonds is 3. The lowest BCUT2D eigenvalue weighted by Gasteiger charge is -2.09. The minimum absolute atomic E-state index is 0.140. The Kier molecular flexibility index (Phi) is 4.67. The molecule has 0 aliphatic heterocycles. The zero-order chi connectivity index (χ0) is 15.4. The molecule has 2 rings (SSSR count). The van der Waals surface area contributed by atoms with Gasteiger partial charge in [-0.05, 0) is 42.5 Å². The molecule has 0 saturated carbocycles. The second-order valence-corrected chi connectivity index (χ2v) is 4.93. The molecule has 0 aromatic heterocycles. The van der Waals surface area contributed by atoms with Crippen LogP contribution in [0.15, 0.2) is 42.5 Å². The van der Waals surface area contributed by atoms with Gasteiger partial charge in [-0.15, -0.1) is 0 Å². The van der Waals surface area contributed by atoms with Crippen molar-refractivity contribution in [2.45, 2.75) is 0 Å². The molecule has 0 bridgehead atoms. The molecule has 0 aliphatic carbocycles. The fraction of sp³-hybridized carbons (Fsp3) is 0. The van der Waals surface area contributed by atoms with Crippen molar-refractivity contribution in [3.63, 3.8) is 0 Å². The molecule has 2 aromatic rings. The van der Waals surface area contributed by atoms with Gasteiger partial charge in [0.05, 0.1) is 16.3 Å². The maximum absolute atomic E-state index is 11.8. The van der Waals surface area contributed by atoms with Gasteiger partial charge in [-0.25, -0.2) is 9.59 Å². The van der Waals surface area contributed by atoms with Gasteiger partial charge < -0.3 is 15.7 Å². The van der Waals surface area contributed by atoms with Gasteiger partial charge >= 0.3 is 12.0 Å². The predicted octanol–water partition coefficient (Wildman–Crippen LogP) is 4.34. The predicted molar refractivity (Wildman–Crippen MR) is 82.5 cm³/mol. The number of hydrogen-bond acceptors (Lipinski definition) is 2. The normalized spacial score (nSPS) is 10.0. The Morgan fingerprint density at radius 2 is 1.62 bits per heavy atom. The van der Waals surface area contributed by atoms with Crippen LogP contribution in [0.2, 0.25) is 10.0 Å². The van der Waals surface area contributed by atoms with Gasteiger partial charge in [0.25, 0.3) is 0 Å². The molecule has 0 spiro atoms. The van der Waals surface area contributed by atoms with Crippen molar-refractivity contribution in [2.24, 2.45) is 0 Å². The molecule has 3 N–H and O–H groups in total. The van der Waals surface area contributed by atoms with Gasteiger partial charge in [0.15, 0.2) is 0 Å². The molecule has 0 unspecified atom stereocenters. The van der Waals surface area contributed by atoms with Crippen LogP contribution < -0.4 is 10.6 Å². The Bertz CT molecular complexity index is 687. The summed E-state index contributed by atoms with van der Waals surface area (Å²) in [6.07, 6.45) is 0. The Balaban J connectivity index is 2.02. The number of hydrogen-bond donors (Lipinski definition) is 3. The van der Waals surface area contributed by atoms with Gasteiger partial charge in [-0.3, -0.25) is 0 Å². The molecule has 108 valence electrons. The lowest BCUT2D eigenvalue weighted by molar-refractivity contribution is 0.0697. The van der Waals surface area contributed by atoms with Gasteiger partial charge in [-0.2, -0.15) is 0 Å². The number of aromatic carboxylic acids is 1. The van der Waals surface area contributed by atoms with E-state index in [0.717, 1.165) is 0 Å². The molecule has 0 aliphatic rings. The third-order valence-corrected chi connectivity index (χ3v) is 3.12. The molecule has 0 heterocycles. The van der Waals surface area contributed by atoms with Crippen molar-refractivity contribution in [3.05, 3.63) is 58.1 Å². The summed E-state index contributed by atoms with van der Waals surface area (Å²) in [5, 5.41) is 14.7. The first-order valence-corrected chi connectivity index (χ1v) is 6.58. The molecule has 2 aromatic carbocycles. The molecule has 21 heavy (non-hydrogen) atoms. The standard InChI is InChI=1S/C14H10Cl2N2O3/c15-9-3-6-12(11(16)7-9)18-14(21)17-10-4-1-8(2-5-10)13(19)20/h1-7H,(H,19,20)(H2,17,18,21). The first-order valence-electron chi connectivity index (χ1n) is 5.82. The fourth-order valence-electron chi connectivity index (χ4n) is 1.57. The van der Waals surface area contributed by atoms with Crippen molar-refractivity contribution in [3.8, 4) is 0 Å². The van der Waals surface area contributed by atoms with Gasteiger partial charge in [-0.1, -0.05) is 23.2 Å². The average Bonchev–Trinajstić information content (AvgIpc) is 2.42. The van der Waals surface area contributed by atoms with Crippen molar-refractivity contribution in [1.82, 2.24) is 0 Å². The van der Waals surface area contributed by atoms with E-state index >= 15 is 0 Å². The number of carbonyl (C=O) groups is 2. The summed E-state index contributed by atoms with van der Waals surface area (Å²) < 4.78 is 0. The molecule has 7 heteroatoms. The van der Waals surface area contributed by atoms with Crippen molar-refractivity contribution >= 4 is 46.6 Å². The summed E-state index contributed by atoms with van der Waals surface area (Å²) in [5.41, 5.74) is 1.02. The molecule has 0 fully saturated rings. The van der Waals surface area contributed by atoms with E-state index in [1.807, 2.05) is 0 Å². The molecule has 0 saturated heterocycles. The highest BCUT2D eigenvalue weighted by atomic mass is 35.5. The van der Waals surface area contributed by atoms with E-state index in [2.05, 4.69) is 10.6 Å². The quantitative estimate of drug-likeness (QED) is 0.785. The molecule has 5 nitrogen and oxygen atoms in total. The fourth-order valence-corrected chi connectivity index (χ4v) is 2.03. The van der Waals surface area contributed by atoms with Gasteiger partial charge in [0.2, 0.25) is 0 Å². The Labute approximate surface area is 130 Å². The molecule has 0 radical (unpaired) electrons. The highest BCUT2D eigenvalue weighted by molar-refractivity contribution is 6.36. The van der Waals surface area contributed by atoms with Crippen LogP contribution in [0.4, 0.5) is 16.2 Å². The Morgan fingerprint density at radius 1 is 0.952 bits per heavy atom. The topological polar surface area (TPSA) is 78.4 Å². The minimum Gasteiger partial charge on any atom is -0.478 e. The number of benzene rings is 2. The smallest absolute Gasteiger partial charge is 0.335 e. The second-order valence-electron chi connectivity index (χ2n) is 4.09. The van der Waals surface area contributed by atoms with Crippen LogP contribution in [0.5, 0.6) is 0 Å². The third kappa shape index (κ3) is 4.11. The largest absolute Gasteiger partial charge is 0.478 e. The van der Waals surface area contributed by atoms with Crippen LogP contribution in [0.1, 0.15) is 10.4 Å². The Morgan fingerprint density at radius 3 is 2.19 bits per heavy atom. The van der Waals surface area contributed by atoms with Crippen LogP contribution in [0.25, 0.3) is 0 Å². The SMILES string of the molecule is O=C(Nc1ccc(C(=O)O)cc1)Nc1ccc(Cl)cc1Cl. The summed E-state index contributed by atoms with van der Waals surface area (Å²) in [5.74, 6) is -1.03. The number of urea groups is 1. The monoisotopic (exact) mass is 324 g/mol. The van der Waals surface area contributed by atoms with E-state index in [4.69, 9.17) is 28.3 Å². The van der Waals surface area contributed by atoms with Crippen molar-refractivity contribution in [2.75, 3.05) is 10.6 Å². The van der Waals surface area contributed by atoms with Crippen LogP contribution in [-0.4, -0.2) is 17.1 Å². The maximum atomic E-state index is 11.8. The number of carbonyl (C=O) groups excluding carboxylic acids is 1. The molecular formula is C14H10Cl2N2O3. The second kappa shape index (κ2) is 6.47. The number of carboxylic acids is 1. The number of amides is 2. The van der Waals surface area contributed by atoms with E-state index < -0.39 is 12.0 Å². The lowest BCUT2D eigenvalue weighted by atomic mass is 10.2. The van der Waals surface area contributed by atoms with Crippen LogP contribution >= 0.6 is 23.2 Å². The lowest BCUT2D eigenvalue weighted by Crippen LogP contribution is -2.19. The highest BCUT2D eigenvalue weighted by Gasteiger charge is 2.07. The number of anilines is 2. The maximum Gasteiger partial charge on any atom is 0.335 e. The van der Waals surface area contributed by atoms with Crippen LogP contribution in [-0.2, 0) is 0 Å². The summed E-state index contributed by atoms with van der Waals surface area (Å²) in [6, 6.07) is 9.98. The van der Waals surface area contributed by atoms with Crippen molar-refractivity contribution in [1.29, 1.82) is 0 Å². The van der Waals surface area contributed by atoms with Gasteiger partial charge in [0.1, 0.15) is 0 Å². The van der Waals surface area contributed by atoms with E-state index in [9.17, 15) is 9.59 Å². The zero-order valence-corrected chi connectivity index (χ0v) is 12.1. The zero-order valence-electron chi connectivity index (χ0n) is 10.6. The van der Waals surface area contributed by atoms with E-state index in [1.165, 1.54) is 30.3 Å². The Hall–Kier alpha value is -2.24. The highest BCUT2D eigenvalue weighted by Crippen LogP contribution is 2.25. The van der Waals surface area contributed by atoms with Crippen LogP contribution in [0.3, 0.4) is 0 Å². The average molecular weight is 325 g/mol. The summed E-state index contributed by atoms with van der Waals surface area (Å²) in [7, 11) is 0. The summed E-state index contributed by atoms with van der Waals surface area (Å²) in [4.78, 5) is 22.5. The molecular weight excluding hydrogens is 315 g/mol. The van der Waals surface area contributed by atoms with E-state index in [-0.39, 0.29) is 5.56 Å². The summed E-state index contributed by atoms with van der Waals surface area (Å²) in [6.45, 7) is 0. The number of halogens is 2. The van der Waals surface area contributed by atoms with E-state index in [0.29, 0.717) is 21.4 Å².